The lowest BCUT2D eigenvalue weighted by atomic mass is 10.1. The quantitative estimate of drug-likeness (QED) is 0.557. The van der Waals surface area contributed by atoms with Crippen molar-refractivity contribution >= 4 is 17.2 Å². The van der Waals surface area contributed by atoms with Gasteiger partial charge in [0.25, 0.3) is 0 Å². The average molecular weight is 268 g/mol. The summed E-state index contributed by atoms with van der Waals surface area (Å²) in [6.45, 7) is 1.80. The van der Waals surface area contributed by atoms with E-state index in [1.54, 1.807) is 41.8 Å². The molecule has 0 spiro atoms. The molecule has 20 heavy (non-hydrogen) atoms. The van der Waals surface area contributed by atoms with Crippen LogP contribution in [0.2, 0.25) is 0 Å². The number of nitrogens with zero attached hydrogens (tertiary/aromatic N) is 5. The van der Waals surface area contributed by atoms with Gasteiger partial charge in [0.2, 0.25) is 0 Å². The highest BCUT2D eigenvalue weighted by molar-refractivity contribution is 6.01. The van der Waals surface area contributed by atoms with Crippen molar-refractivity contribution in [1.82, 2.24) is 19.8 Å². The van der Waals surface area contributed by atoms with Crippen LogP contribution in [0.15, 0.2) is 47.8 Å². The molecule has 0 aliphatic rings. The molecule has 2 aromatic heterocycles. The number of hydrazone groups is 1. The molecule has 0 bridgehead atoms. The number of fused-ring (bicyclic) bond motifs is 1. The largest absolute Gasteiger partial charge is 0.507 e. The summed E-state index contributed by atoms with van der Waals surface area (Å²) in [5.74, 6) is 0.754. The van der Waals surface area contributed by atoms with Crippen LogP contribution in [0.3, 0.4) is 0 Å². The lowest BCUT2D eigenvalue weighted by Crippen LogP contribution is -2.02. The predicted molar refractivity (Wildman–Crippen MR) is 74.7 cm³/mol. The van der Waals surface area contributed by atoms with E-state index in [1.165, 1.54) is 6.33 Å². The number of phenols is 1. The van der Waals surface area contributed by atoms with Crippen LogP contribution in [0.4, 0.5) is 5.82 Å². The van der Waals surface area contributed by atoms with E-state index in [9.17, 15) is 5.11 Å². The van der Waals surface area contributed by atoms with Gasteiger partial charge in [-0.05, 0) is 31.2 Å². The maximum Gasteiger partial charge on any atom is 0.177 e. The van der Waals surface area contributed by atoms with Crippen molar-refractivity contribution in [2.75, 3.05) is 5.43 Å². The SMILES string of the molecule is C/C(=N/Nc1ccc2nncn2n1)c1ccccc1O. The predicted octanol–water partition coefficient (Wildman–Crippen LogP) is 1.67. The molecule has 100 valence electrons. The maximum absolute atomic E-state index is 9.75. The van der Waals surface area contributed by atoms with E-state index in [4.69, 9.17) is 0 Å². The van der Waals surface area contributed by atoms with Crippen LogP contribution in [0.1, 0.15) is 12.5 Å². The number of phenolic OH excluding ortho intramolecular Hbond substituents is 1. The van der Waals surface area contributed by atoms with Gasteiger partial charge in [-0.2, -0.15) is 9.62 Å². The summed E-state index contributed by atoms with van der Waals surface area (Å²) < 4.78 is 1.55. The molecule has 0 fully saturated rings. The molecule has 0 aliphatic carbocycles. The molecule has 7 heteroatoms. The second-order valence-corrected chi connectivity index (χ2v) is 4.18. The molecule has 0 saturated heterocycles. The summed E-state index contributed by atoms with van der Waals surface area (Å²) in [6.07, 6.45) is 1.51. The van der Waals surface area contributed by atoms with E-state index >= 15 is 0 Å². The van der Waals surface area contributed by atoms with E-state index in [-0.39, 0.29) is 5.75 Å². The average Bonchev–Trinajstić information content (AvgIpc) is 2.92. The van der Waals surface area contributed by atoms with Gasteiger partial charge in [0.05, 0.1) is 5.71 Å². The molecule has 7 nitrogen and oxygen atoms in total. The summed E-state index contributed by atoms with van der Waals surface area (Å²) in [5, 5.41) is 25.8. The number of benzene rings is 1. The second-order valence-electron chi connectivity index (χ2n) is 4.18. The first-order chi connectivity index (χ1) is 9.74. The van der Waals surface area contributed by atoms with Crippen molar-refractivity contribution in [1.29, 1.82) is 0 Å². The van der Waals surface area contributed by atoms with E-state index in [1.807, 2.05) is 6.07 Å². The van der Waals surface area contributed by atoms with Gasteiger partial charge in [-0.1, -0.05) is 12.1 Å². The number of hydrogen-bond acceptors (Lipinski definition) is 6. The molecule has 0 radical (unpaired) electrons. The molecule has 1 aromatic carbocycles. The number of hydrogen-bond donors (Lipinski definition) is 2. The normalized spacial score (nSPS) is 11.8. The number of aromatic nitrogens is 4. The minimum absolute atomic E-state index is 0.192. The monoisotopic (exact) mass is 268 g/mol. The Kier molecular flexibility index (Phi) is 3.00. The number of nitrogens with one attached hydrogen (secondary N) is 1. The Morgan fingerprint density at radius 3 is 2.95 bits per heavy atom. The lowest BCUT2D eigenvalue weighted by molar-refractivity contribution is 0.474. The summed E-state index contributed by atoms with van der Waals surface area (Å²) in [5.41, 5.74) is 4.84. The smallest absolute Gasteiger partial charge is 0.177 e. The molecule has 0 atom stereocenters. The molecule has 3 rings (SSSR count). The molecule has 2 heterocycles. The number of rotatable bonds is 3. The van der Waals surface area contributed by atoms with E-state index in [0.717, 1.165) is 0 Å². The van der Waals surface area contributed by atoms with Gasteiger partial charge in [-0.15, -0.1) is 15.3 Å². The lowest BCUT2D eigenvalue weighted by Gasteiger charge is -2.04. The third-order valence-corrected chi connectivity index (χ3v) is 2.79. The van der Waals surface area contributed by atoms with Crippen LogP contribution >= 0.6 is 0 Å². The molecule has 0 saturated carbocycles. The topological polar surface area (TPSA) is 87.7 Å². The summed E-state index contributed by atoms with van der Waals surface area (Å²) >= 11 is 0. The van der Waals surface area contributed by atoms with Gasteiger partial charge in [0.1, 0.15) is 12.1 Å². The Morgan fingerprint density at radius 2 is 2.10 bits per heavy atom. The first-order valence-corrected chi connectivity index (χ1v) is 6.00. The number of para-hydroxylation sites is 1. The Bertz CT molecular complexity index is 779. The number of anilines is 1. The van der Waals surface area contributed by atoms with Crippen LogP contribution in [0, 0.1) is 0 Å². The molecule has 0 aliphatic heterocycles. The third kappa shape index (κ3) is 2.28. The van der Waals surface area contributed by atoms with Crippen LogP contribution in [0.5, 0.6) is 5.75 Å². The molecule has 2 N–H and O–H groups in total. The standard InChI is InChI=1S/C13H12N6O/c1-9(10-4-2-3-5-11(10)20)15-16-12-6-7-13-17-14-8-19(13)18-12/h2-8,20H,1H3,(H,16,18)/b15-9-. The third-order valence-electron chi connectivity index (χ3n) is 2.79. The van der Waals surface area contributed by atoms with Crippen molar-refractivity contribution < 1.29 is 5.11 Å². The van der Waals surface area contributed by atoms with Crippen molar-refractivity contribution in [2.24, 2.45) is 5.10 Å². The molecule has 0 unspecified atom stereocenters. The fourth-order valence-electron chi connectivity index (χ4n) is 1.77. The first-order valence-electron chi connectivity index (χ1n) is 6.00. The minimum Gasteiger partial charge on any atom is -0.507 e. The Hall–Kier alpha value is -2.96. The van der Waals surface area contributed by atoms with Gasteiger partial charge >= 0.3 is 0 Å². The van der Waals surface area contributed by atoms with Crippen LogP contribution in [-0.2, 0) is 0 Å². The summed E-state index contributed by atoms with van der Waals surface area (Å²) in [4.78, 5) is 0. The minimum atomic E-state index is 0.192. The molecular formula is C13H12N6O. The maximum atomic E-state index is 9.75. The van der Waals surface area contributed by atoms with Crippen LogP contribution in [0.25, 0.3) is 5.65 Å². The van der Waals surface area contributed by atoms with Crippen LogP contribution < -0.4 is 5.43 Å². The number of aromatic hydroxyl groups is 1. The van der Waals surface area contributed by atoms with Crippen molar-refractivity contribution in [3.05, 3.63) is 48.3 Å². The second kappa shape index (κ2) is 4.96. The molecular weight excluding hydrogens is 256 g/mol. The van der Waals surface area contributed by atoms with E-state index in [2.05, 4.69) is 25.8 Å². The Labute approximate surface area is 114 Å². The van der Waals surface area contributed by atoms with Crippen molar-refractivity contribution in [3.63, 3.8) is 0 Å². The highest BCUT2D eigenvalue weighted by atomic mass is 16.3. The van der Waals surface area contributed by atoms with Gasteiger partial charge < -0.3 is 5.11 Å². The van der Waals surface area contributed by atoms with Crippen LogP contribution in [-0.4, -0.2) is 30.6 Å². The zero-order chi connectivity index (χ0) is 13.9. The van der Waals surface area contributed by atoms with Gasteiger partial charge in [0.15, 0.2) is 11.5 Å². The van der Waals surface area contributed by atoms with Gasteiger partial charge in [-0.3, -0.25) is 5.43 Å². The zero-order valence-corrected chi connectivity index (χ0v) is 10.7. The summed E-state index contributed by atoms with van der Waals surface area (Å²) in [7, 11) is 0. The zero-order valence-electron chi connectivity index (χ0n) is 10.7. The summed E-state index contributed by atoms with van der Waals surface area (Å²) in [6, 6.07) is 10.6. The first kappa shape index (κ1) is 12.1. The van der Waals surface area contributed by atoms with Gasteiger partial charge in [0, 0.05) is 5.56 Å². The highest BCUT2D eigenvalue weighted by Gasteiger charge is 2.03. The van der Waals surface area contributed by atoms with Crippen molar-refractivity contribution in [3.8, 4) is 5.75 Å². The fourth-order valence-corrected chi connectivity index (χ4v) is 1.77. The Morgan fingerprint density at radius 1 is 1.25 bits per heavy atom. The van der Waals surface area contributed by atoms with Gasteiger partial charge in [-0.25, -0.2) is 0 Å². The van der Waals surface area contributed by atoms with E-state index < -0.39 is 0 Å². The molecule has 3 aromatic rings. The highest BCUT2D eigenvalue weighted by Crippen LogP contribution is 2.16. The fraction of sp³-hybridized carbons (Fsp3) is 0.0769. The van der Waals surface area contributed by atoms with Crippen molar-refractivity contribution in [2.45, 2.75) is 6.92 Å². The van der Waals surface area contributed by atoms with E-state index in [0.29, 0.717) is 22.7 Å². The Balaban J connectivity index is 1.84. The molecule has 0 amide bonds.